The number of benzene rings is 1. The Morgan fingerprint density at radius 1 is 1.42 bits per heavy atom. The van der Waals surface area contributed by atoms with E-state index in [1.165, 1.54) is 19.1 Å². The molecule has 1 rings (SSSR count). The first-order chi connectivity index (χ1) is 8.77. The number of alkyl halides is 3. The summed E-state index contributed by atoms with van der Waals surface area (Å²) in [5.74, 6) is -2.42. The molecule has 0 aliphatic carbocycles. The monoisotopic (exact) mass is 275 g/mol. The largest absolute Gasteiger partial charge is 0.495 e. The number of methoxy groups -OCH3 is 1. The Bertz CT molecular complexity index is 448. The molecule has 0 radical (unpaired) electrons. The Morgan fingerprint density at radius 2 is 2.00 bits per heavy atom. The molecule has 0 bridgehead atoms. The Kier molecular flexibility index (Phi) is 4.63. The third kappa shape index (κ3) is 3.77. The summed E-state index contributed by atoms with van der Waals surface area (Å²) in [5.41, 5.74) is 5.54. The third-order valence-corrected chi connectivity index (χ3v) is 2.72. The van der Waals surface area contributed by atoms with Gasteiger partial charge >= 0.3 is 6.18 Å². The molecular formula is C12H16F3N3O. The van der Waals surface area contributed by atoms with E-state index in [9.17, 15) is 13.2 Å². The van der Waals surface area contributed by atoms with Gasteiger partial charge in [0.25, 0.3) is 0 Å². The second kappa shape index (κ2) is 5.81. The Labute approximate surface area is 109 Å². The molecule has 0 amide bonds. The van der Waals surface area contributed by atoms with E-state index in [0.29, 0.717) is 11.4 Å². The lowest BCUT2D eigenvalue weighted by Crippen LogP contribution is -2.43. The second-order valence-electron chi connectivity index (χ2n) is 4.10. The van der Waals surface area contributed by atoms with Crippen molar-refractivity contribution >= 4 is 11.5 Å². The number of ether oxygens (including phenoxy) is 1. The maximum absolute atomic E-state index is 12.8. The number of para-hydroxylation sites is 2. The van der Waals surface area contributed by atoms with Crippen LogP contribution in [0.4, 0.5) is 18.9 Å². The van der Waals surface area contributed by atoms with Crippen LogP contribution in [-0.4, -0.2) is 32.7 Å². The van der Waals surface area contributed by atoms with E-state index in [1.54, 1.807) is 24.3 Å². The van der Waals surface area contributed by atoms with Gasteiger partial charge in [-0.25, -0.2) is 0 Å². The van der Waals surface area contributed by atoms with Crippen molar-refractivity contribution in [2.24, 2.45) is 11.7 Å². The number of amidine groups is 1. The van der Waals surface area contributed by atoms with Gasteiger partial charge in [-0.15, -0.1) is 0 Å². The summed E-state index contributed by atoms with van der Waals surface area (Å²) in [6, 6.07) is 6.72. The second-order valence-corrected chi connectivity index (χ2v) is 4.10. The minimum Gasteiger partial charge on any atom is -0.495 e. The Morgan fingerprint density at radius 3 is 2.47 bits per heavy atom. The molecule has 0 aliphatic rings. The van der Waals surface area contributed by atoms with E-state index in [4.69, 9.17) is 15.9 Å². The number of hydrogen-bond donors (Lipinski definition) is 2. The predicted molar refractivity (Wildman–Crippen MR) is 67.7 cm³/mol. The third-order valence-electron chi connectivity index (χ3n) is 2.72. The fourth-order valence-electron chi connectivity index (χ4n) is 1.70. The normalized spacial score (nSPS) is 12.9. The van der Waals surface area contributed by atoms with Crippen LogP contribution in [-0.2, 0) is 0 Å². The van der Waals surface area contributed by atoms with Crippen LogP contribution in [0.15, 0.2) is 24.3 Å². The topological polar surface area (TPSA) is 62.3 Å². The van der Waals surface area contributed by atoms with Crippen LogP contribution in [0.25, 0.3) is 0 Å². The van der Waals surface area contributed by atoms with Crippen molar-refractivity contribution in [3.8, 4) is 5.75 Å². The minimum absolute atomic E-state index is 0.431. The molecule has 1 aromatic carbocycles. The average molecular weight is 275 g/mol. The number of hydrogen-bond acceptors (Lipinski definition) is 3. The Hall–Kier alpha value is -1.92. The molecule has 0 fully saturated rings. The summed E-state index contributed by atoms with van der Waals surface area (Å²) in [7, 11) is 2.94. The maximum Gasteiger partial charge on any atom is 0.400 e. The fourth-order valence-corrected chi connectivity index (χ4v) is 1.70. The molecule has 0 aromatic heterocycles. The SMILES string of the molecule is COc1ccccc1N(C)CC(C(=N)N)C(F)(F)F. The molecule has 1 unspecified atom stereocenters. The van der Waals surface area contributed by atoms with E-state index in [0.717, 1.165) is 0 Å². The first-order valence-electron chi connectivity index (χ1n) is 5.52. The van der Waals surface area contributed by atoms with Gasteiger partial charge in [0.1, 0.15) is 17.5 Å². The van der Waals surface area contributed by atoms with Gasteiger partial charge in [0, 0.05) is 13.6 Å². The fraction of sp³-hybridized carbons (Fsp3) is 0.417. The van der Waals surface area contributed by atoms with Crippen molar-refractivity contribution in [2.75, 3.05) is 25.6 Å². The number of nitrogens with one attached hydrogen (secondary N) is 1. The van der Waals surface area contributed by atoms with Crippen molar-refractivity contribution in [2.45, 2.75) is 6.18 Å². The number of nitrogens with zero attached hydrogens (tertiary/aromatic N) is 1. The van der Waals surface area contributed by atoms with E-state index < -0.39 is 24.5 Å². The highest BCUT2D eigenvalue weighted by atomic mass is 19.4. The van der Waals surface area contributed by atoms with Crippen LogP contribution < -0.4 is 15.4 Å². The standard InChI is InChI=1S/C12H16F3N3O/c1-18(7-8(11(16)17)12(13,14)15)9-5-3-4-6-10(9)19-2/h3-6,8H,7H2,1-2H3,(H3,16,17). The molecule has 0 heterocycles. The molecule has 7 heteroatoms. The van der Waals surface area contributed by atoms with Gasteiger partial charge in [-0.05, 0) is 12.1 Å². The van der Waals surface area contributed by atoms with Gasteiger partial charge in [-0.1, -0.05) is 12.1 Å². The van der Waals surface area contributed by atoms with Gasteiger partial charge in [0.05, 0.1) is 12.8 Å². The average Bonchev–Trinajstić information content (AvgIpc) is 2.33. The molecule has 1 aromatic rings. The van der Waals surface area contributed by atoms with Gasteiger partial charge < -0.3 is 15.4 Å². The lowest BCUT2D eigenvalue weighted by molar-refractivity contribution is -0.153. The van der Waals surface area contributed by atoms with Crippen molar-refractivity contribution in [1.29, 1.82) is 5.41 Å². The van der Waals surface area contributed by atoms with Crippen LogP contribution in [0.1, 0.15) is 0 Å². The molecule has 0 saturated heterocycles. The molecule has 0 spiro atoms. The number of halogens is 3. The zero-order valence-corrected chi connectivity index (χ0v) is 10.7. The van der Waals surface area contributed by atoms with E-state index in [2.05, 4.69) is 0 Å². The van der Waals surface area contributed by atoms with Crippen molar-refractivity contribution in [3.05, 3.63) is 24.3 Å². The highest BCUT2D eigenvalue weighted by molar-refractivity contribution is 5.81. The lowest BCUT2D eigenvalue weighted by atomic mass is 10.1. The molecule has 4 nitrogen and oxygen atoms in total. The zero-order chi connectivity index (χ0) is 14.6. The van der Waals surface area contributed by atoms with Gasteiger partial charge in [-0.3, -0.25) is 5.41 Å². The predicted octanol–water partition coefficient (Wildman–Crippen LogP) is 2.25. The van der Waals surface area contributed by atoms with E-state index >= 15 is 0 Å². The highest BCUT2D eigenvalue weighted by Crippen LogP contribution is 2.31. The molecule has 1 atom stereocenters. The van der Waals surface area contributed by atoms with Gasteiger partial charge in [0.15, 0.2) is 0 Å². The summed E-state index contributed by atoms with van der Waals surface area (Å²) >= 11 is 0. The highest BCUT2D eigenvalue weighted by Gasteiger charge is 2.42. The quantitative estimate of drug-likeness (QED) is 0.640. The molecule has 3 N–H and O–H groups in total. The van der Waals surface area contributed by atoms with Crippen LogP contribution in [0.5, 0.6) is 5.75 Å². The summed E-state index contributed by atoms with van der Waals surface area (Å²) in [6.07, 6.45) is -4.54. The summed E-state index contributed by atoms with van der Waals surface area (Å²) in [4.78, 5) is 1.37. The number of nitrogens with two attached hydrogens (primary N) is 1. The minimum atomic E-state index is -4.54. The maximum atomic E-state index is 12.8. The summed E-state index contributed by atoms with van der Waals surface area (Å²) in [6.45, 7) is -0.431. The van der Waals surface area contributed by atoms with Crippen molar-refractivity contribution in [1.82, 2.24) is 0 Å². The van der Waals surface area contributed by atoms with Crippen molar-refractivity contribution in [3.63, 3.8) is 0 Å². The molecule has 0 aliphatic heterocycles. The number of rotatable bonds is 5. The zero-order valence-electron chi connectivity index (χ0n) is 10.7. The van der Waals surface area contributed by atoms with Crippen LogP contribution in [0.2, 0.25) is 0 Å². The summed E-state index contributed by atoms with van der Waals surface area (Å²) < 4.78 is 43.3. The first-order valence-corrected chi connectivity index (χ1v) is 5.52. The van der Waals surface area contributed by atoms with Gasteiger partial charge in [-0.2, -0.15) is 13.2 Å². The number of anilines is 1. The van der Waals surface area contributed by atoms with E-state index in [-0.39, 0.29) is 0 Å². The smallest absolute Gasteiger partial charge is 0.400 e. The van der Waals surface area contributed by atoms with Crippen LogP contribution in [0, 0.1) is 11.3 Å². The summed E-state index contributed by atoms with van der Waals surface area (Å²) in [5, 5.41) is 7.06. The molecule has 106 valence electrons. The molecular weight excluding hydrogens is 259 g/mol. The molecule has 0 saturated carbocycles. The van der Waals surface area contributed by atoms with Gasteiger partial charge in [0.2, 0.25) is 0 Å². The van der Waals surface area contributed by atoms with Crippen molar-refractivity contribution < 1.29 is 17.9 Å². The first kappa shape index (κ1) is 15.1. The lowest BCUT2D eigenvalue weighted by Gasteiger charge is -2.27. The molecule has 19 heavy (non-hydrogen) atoms. The van der Waals surface area contributed by atoms with Crippen LogP contribution in [0.3, 0.4) is 0 Å². The van der Waals surface area contributed by atoms with Crippen LogP contribution >= 0.6 is 0 Å². The van der Waals surface area contributed by atoms with E-state index in [1.807, 2.05) is 0 Å². The Balaban J connectivity index is 2.94.